The molecule has 0 aromatic heterocycles. The van der Waals surface area contributed by atoms with Crippen LogP contribution in [0.3, 0.4) is 0 Å². The van der Waals surface area contributed by atoms with Crippen LogP contribution in [0, 0.1) is 0 Å². The molecule has 0 N–H and O–H groups in total. The SMILES string of the molecule is CCCc1ccc(S(=O)(=O)N(CCCl)C2CCC2)cc1. The summed E-state index contributed by atoms with van der Waals surface area (Å²) >= 11 is 5.78. The summed E-state index contributed by atoms with van der Waals surface area (Å²) < 4.78 is 27.0. The van der Waals surface area contributed by atoms with Crippen molar-refractivity contribution >= 4 is 21.6 Å². The van der Waals surface area contributed by atoms with Gasteiger partial charge in [-0.2, -0.15) is 4.31 Å². The van der Waals surface area contributed by atoms with E-state index in [1.165, 1.54) is 5.56 Å². The van der Waals surface area contributed by atoms with Gasteiger partial charge in [0.15, 0.2) is 0 Å². The first-order valence-corrected chi connectivity index (χ1v) is 9.23. The molecule has 112 valence electrons. The molecule has 1 aromatic carbocycles. The number of hydrogen-bond donors (Lipinski definition) is 0. The van der Waals surface area contributed by atoms with Crippen molar-refractivity contribution < 1.29 is 8.42 Å². The van der Waals surface area contributed by atoms with Crippen LogP contribution in [0.25, 0.3) is 0 Å². The molecule has 3 nitrogen and oxygen atoms in total. The highest BCUT2D eigenvalue weighted by Gasteiger charge is 2.34. The van der Waals surface area contributed by atoms with Crippen LogP contribution in [0.2, 0.25) is 0 Å². The highest BCUT2D eigenvalue weighted by Crippen LogP contribution is 2.30. The highest BCUT2D eigenvalue weighted by molar-refractivity contribution is 7.89. The zero-order valence-corrected chi connectivity index (χ0v) is 13.5. The Morgan fingerprint density at radius 1 is 1.25 bits per heavy atom. The summed E-state index contributed by atoms with van der Waals surface area (Å²) in [5.74, 6) is 0.337. The molecular formula is C15H22ClNO2S. The fraction of sp³-hybridized carbons (Fsp3) is 0.600. The van der Waals surface area contributed by atoms with Crippen molar-refractivity contribution in [2.45, 2.75) is 50.0 Å². The molecule has 1 saturated carbocycles. The molecule has 1 fully saturated rings. The van der Waals surface area contributed by atoms with Gasteiger partial charge in [-0.25, -0.2) is 8.42 Å². The number of benzene rings is 1. The minimum atomic E-state index is -3.41. The third-order valence-corrected chi connectivity index (χ3v) is 5.99. The van der Waals surface area contributed by atoms with Gasteiger partial charge in [0.05, 0.1) is 4.90 Å². The zero-order chi connectivity index (χ0) is 14.6. The Kier molecular flexibility index (Phi) is 5.47. The van der Waals surface area contributed by atoms with E-state index in [0.29, 0.717) is 17.3 Å². The van der Waals surface area contributed by atoms with Crippen LogP contribution in [0.4, 0.5) is 0 Å². The van der Waals surface area contributed by atoms with E-state index in [4.69, 9.17) is 11.6 Å². The van der Waals surface area contributed by atoms with Crippen LogP contribution in [-0.2, 0) is 16.4 Å². The number of sulfonamides is 1. The van der Waals surface area contributed by atoms with Gasteiger partial charge in [-0.15, -0.1) is 11.6 Å². The quantitative estimate of drug-likeness (QED) is 0.723. The van der Waals surface area contributed by atoms with Crippen molar-refractivity contribution in [2.24, 2.45) is 0 Å². The predicted octanol–water partition coefficient (Wildman–Crippen LogP) is 3.42. The lowest BCUT2D eigenvalue weighted by Crippen LogP contribution is -2.45. The maximum absolute atomic E-state index is 12.7. The second-order valence-electron chi connectivity index (χ2n) is 5.28. The van der Waals surface area contributed by atoms with Gasteiger partial charge in [0.1, 0.15) is 0 Å². The lowest BCUT2D eigenvalue weighted by atomic mass is 9.93. The van der Waals surface area contributed by atoms with Crippen molar-refractivity contribution in [2.75, 3.05) is 12.4 Å². The summed E-state index contributed by atoms with van der Waals surface area (Å²) in [6.07, 6.45) is 5.05. The van der Waals surface area contributed by atoms with Crippen LogP contribution in [-0.4, -0.2) is 31.2 Å². The maximum atomic E-state index is 12.7. The van der Waals surface area contributed by atoms with Gasteiger partial charge in [-0.1, -0.05) is 31.9 Å². The molecule has 0 spiro atoms. The van der Waals surface area contributed by atoms with Crippen molar-refractivity contribution in [3.05, 3.63) is 29.8 Å². The average molecular weight is 316 g/mol. The summed E-state index contributed by atoms with van der Waals surface area (Å²) in [5, 5.41) is 0. The van der Waals surface area contributed by atoms with E-state index in [2.05, 4.69) is 6.92 Å². The van der Waals surface area contributed by atoms with E-state index in [0.717, 1.165) is 32.1 Å². The molecule has 20 heavy (non-hydrogen) atoms. The molecule has 0 saturated heterocycles. The first-order chi connectivity index (χ1) is 9.59. The third kappa shape index (κ3) is 3.35. The highest BCUT2D eigenvalue weighted by atomic mass is 35.5. The molecular weight excluding hydrogens is 294 g/mol. The van der Waals surface area contributed by atoms with Gasteiger partial charge in [-0.05, 0) is 37.0 Å². The molecule has 0 aliphatic heterocycles. The monoisotopic (exact) mass is 315 g/mol. The third-order valence-electron chi connectivity index (χ3n) is 3.86. The van der Waals surface area contributed by atoms with Crippen LogP contribution in [0.15, 0.2) is 29.2 Å². The van der Waals surface area contributed by atoms with E-state index >= 15 is 0 Å². The fourth-order valence-corrected chi connectivity index (χ4v) is 4.48. The van der Waals surface area contributed by atoms with Gasteiger partial charge in [0, 0.05) is 18.5 Å². The lowest BCUT2D eigenvalue weighted by Gasteiger charge is -2.36. The van der Waals surface area contributed by atoms with E-state index < -0.39 is 10.0 Å². The van der Waals surface area contributed by atoms with Crippen molar-refractivity contribution in [3.63, 3.8) is 0 Å². The van der Waals surface area contributed by atoms with E-state index in [-0.39, 0.29) is 6.04 Å². The normalized spacial score (nSPS) is 16.4. The molecule has 1 aliphatic rings. The molecule has 1 aromatic rings. The Bertz CT molecular complexity index is 523. The van der Waals surface area contributed by atoms with Gasteiger partial charge in [-0.3, -0.25) is 0 Å². The van der Waals surface area contributed by atoms with E-state index in [1.54, 1.807) is 16.4 Å². The minimum Gasteiger partial charge on any atom is -0.207 e. The van der Waals surface area contributed by atoms with Crippen molar-refractivity contribution in [1.29, 1.82) is 0 Å². The number of rotatable bonds is 7. The standard InChI is InChI=1S/C15H22ClNO2S/c1-2-4-13-7-9-15(10-8-13)20(18,19)17(12-11-16)14-5-3-6-14/h7-10,14H,2-6,11-12H2,1H3. The molecule has 0 bridgehead atoms. The summed E-state index contributed by atoms with van der Waals surface area (Å²) in [4.78, 5) is 0.384. The van der Waals surface area contributed by atoms with Gasteiger partial charge in [0.2, 0.25) is 10.0 Å². The summed E-state index contributed by atoms with van der Waals surface area (Å²) in [5.41, 5.74) is 1.18. The average Bonchev–Trinajstić information content (AvgIpc) is 2.37. The number of halogens is 1. The largest absolute Gasteiger partial charge is 0.243 e. The molecule has 1 aliphatic carbocycles. The topological polar surface area (TPSA) is 37.4 Å². The Labute approximate surface area is 127 Å². The summed E-state index contributed by atoms with van der Waals surface area (Å²) in [6, 6.07) is 7.40. The molecule has 5 heteroatoms. The minimum absolute atomic E-state index is 0.133. The van der Waals surface area contributed by atoms with Gasteiger partial charge < -0.3 is 0 Å². The fourth-order valence-electron chi connectivity index (χ4n) is 2.51. The summed E-state index contributed by atoms with van der Waals surface area (Å²) in [7, 11) is -3.41. The number of aryl methyl sites for hydroxylation is 1. The summed E-state index contributed by atoms with van der Waals surface area (Å²) in [6.45, 7) is 2.51. The first-order valence-electron chi connectivity index (χ1n) is 7.26. The Balaban J connectivity index is 2.22. The Morgan fingerprint density at radius 2 is 1.90 bits per heavy atom. The second-order valence-corrected chi connectivity index (χ2v) is 7.55. The predicted molar refractivity (Wildman–Crippen MR) is 82.7 cm³/mol. The van der Waals surface area contributed by atoms with E-state index in [9.17, 15) is 8.42 Å². The number of alkyl halides is 1. The smallest absolute Gasteiger partial charge is 0.207 e. The van der Waals surface area contributed by atoms with E-state index in [1.807, 2.05) is 12.1 Å². The maximum Gasteiger partial charge on any atom is 0.243 e. The molecule has 0 amide bonds. The first kappa shape index (κ1) is 15.8. The lowest BCUT2D eigenvalue weighted by molar-refractivity contribution is 0.227. The van der Waals surface area contributed by atoms with Gasteiger partial charge in [0.25, 0.3) is 0 Å². The van der Waals surface area contributed by atoms with Gasteiger partial charge >= 0.3 is 0 Å². The zero-order valence-electron chi connectivity index (χ0n) is 11.9. The van der Waals surface area contributed by atoms with Crippen molar-refractivity contribution in [3.8, 4) is 0 Å². The van der Waals surface area contributed by atoms with Crippen LogP contribution < -0.4 is 0 Å². The molecule has 0 heterocycles. The van der Waals surface area contributed by atoms with Crippen LogP contribution in [0.5, 0.6) is 0 Å². The van der Waals surface area contributed by atoms with Crippen LogP contribution >= 0.6 is 11.6 Å². The molecule has 2 rings (SSSR count). The second kappa shape index (κ2) is 6.92. The van der Waals surface area contributed by atoms with Crippen molar-refractivity contribution in [1.82, 2.24) is 4.31 Å². The molecule has 0 radical (unpaired) electrons. The number of nitrogens with zero attached hydrogens (tertiary/aromatic N) is 1. The molecule has 0 unspecified atom stereocenters. The molecule has 0 atom stereocenters. The Morgan fingerprint density at radius 3 is 2.35 bits per heavy atom. The Hall–Kier alpha value is -0.580. The number of hydrogen-bond acceptors (Lipinski definition) is 2. The van der Waals surface area contributed by atoms with Crippen LogP contribution in [0.1, 0.15) is 38.2 Å².